The number of aromatic nitrogens is 1. The molecule has 0 fully saturated rings. The van der Waals surface area contributed by atoms with E-state index in [9.17, 15) is 4.79 Å². The van der Waals surface area contributed by atoms with Gasteiger partial charge in [-0.25, -0.2) is 4.98 Å². The van der Waals surface area contributed by atoms with Crippen molar-refractivity contribution in [2.45, 2.75) is 0 Å². The highest BCUT2D eigenvalue weighted by atomic mass is 35.5. The highest BCUT2D eigenvalue weighted by Crippen LogP contribution is 2.14. The van der Waals surface area contributed by atoms with Crippen molar-refractivity contribution in [3.63, 3.8) is 0 Å². The summed E-state index contributed by atoms with van der Waals surface area (Å²) in [6.07, 6.45) is 0. The van der Waals surface area contributed by atoms with Crippen LogP contribution in [-0.2, 0) is 0 Å². The summed E-state index contributed by atoms with van der Waals surface area (Å²) in [5.41, 5.74) is 6.42. The van der Waals surface area contributed by atoms with Crippen LogP contribution in [0.15, 0.2) is 42.5 Å². The topological polar surface area (TPSA) is 54.0 Å². The van der Waals surface area contributed by atoms with Gasteiger partial charge in [0.2, 0.25) is 0 Å². The average molecular weight is 282 g/mol. The number of nitrogens with one attached hydrogen (secondary N) is 2. The standard InChI is InChI=1S/C12H9Cl2N3O/c13-10-6-8(7-11(14)15-10)12(18)17-16-9-4-2-1-3-5-9/h1-7,16H,(H,17,18). The predicted octanol–water partition coefficient (Wildman–Crippen LogP) is 3.15. The summed E-state index contributed by atoms with van der Waals surface area (Å²) in [4.78, 5) is 15.6. The highest BCUT2D eigenvalue weighted by Gasteiger charge is 2.08. The second-order valence-corrected chi connectivity index (χ2v) is 4.22. The number of pyridine rings is 1. The fourth-order valence-electron chi connectivity index (χ4n) is 1.32. The van der Waals surface area contributed by atoms with Gasteiger partial charge in [-0.2, -0.15) is 0 Å². The third-order valence-corrected chi connectivity index (χ3v) is 2.51. The molecule has 0 saturated heterocycles. The molecular weight excluding hydrogens is 273 g/mol. The second kappa shape index (κ2) is 5.71. The minimum Gasteiger partial charge on any atom is -0.298 e. The van der Waals surface area contributed by atoms with Crippen molar-refractivity contribution >= 4 is 34.8 Å². The Morgan fingerprint density at radius 2 is 1.67 bits per heavy atom. The summed E-state index contributed by atoms with van der Waals surface area (Å²) in [6, 6.07) is 12.1. The van der Waals surface area contributed by atoms with Crippen molar-refractivity contribution in [1.82, 2.24) is 10.4 Å². The highest BCUT2D eigenvalue weighted by molar-refractivity contribution is 6.33. The Morgan fingerprint density at radius 3 is 2.28 bits per heavy atom. The number of halogens is 2. The van der Waals surface area contributed by atoms with Gasteiger partial charge in [-0.15, -0.1) is 0 Å². The van der Waals surface area contributed by atoms with Crippen LogP contribution in [0.1, 0.15) is 10.4 Å². The molecule has 0 atom stereocenters. The fraction of sp³-hybridized carbons (Fsp3) is 0. The lowest BCUT2D eigenvalue weighted by Gasteiger charge is -2.08. The quantitative estimate of drug-likeness (QED) is 0.671. The van der Waals surface area contributed by atoms with Gasteiger partial charge < -0.3 is 0 Å². The van der Waals surface area contributed by atoms with Gasteiger partial charge in [0, 0.05) is 5.56 Å². The molecule has 1 amide bonds. The third-order valence-electron chi connectivity index (χ3n) is 2.12. The predicted molar refractivity (Wildman–Crippen MR) is 71.8 cm³/mol. The molecule has 0 bridgehead atoms. The Labute approximate surface area is 114 Å². The van der Waals surface area contributed by atoms with Crippen molar-refractivity contribution in [2.75, 3.05) is 5.43 Å². The largest absolute Gasteiger partial charge is 0.298 e. The molecule has 0 radical (unpaired) electrons. The van der Waals surface area contributed by atoms with Crippen LogP contribution in [0.25, 0.3) is 0 Å². The summed E-state index contributed by atoms with van der Waals surface area (Å²) < 4.78 is 0. The van der Waals surface area contributed by atoms with E-state index in [1.54, 1.807) is 0 Å². The van der Waals surface area contributed by atoms with Gasteiger partial charge in [0.1, 0.15) is 10.3 Å². The molecule has 2 rings (SSSR count). The molecule has 92 valence electrons. The van der Waals surface area contributed by atoms with Gasteiger partial charge in [0.05, 0.1) is 5.69 Å². The van der Waals surface area contributed by atoms with E-state index in [0.717, 1.165) is 5.69 Å². The average Bonchev–Trinajstić information content (AvgIpc) is 2.36. The number of amides is 1. The van der Waals surface area contributed by atoms with Crippen molar-refractivity contribution < 1.29 is 4.79 Å². The molecule has 4 nitrogen and oxygen atoms in total. The van der Waals surface area contributed by atoms with E-state index in [1.165, 1.54) is 12.1 Å². The van der Waals surface area contributed by atoms with Gasteiger partial charge in [-0.1, -0.05) is 41.4 Å². The lowest BCUT2D eigenvalue weighted by Crippen LogP contribution is -2.29. The number of anilines is 1. The summed E-state index contributed by atoms with van der Waals surface area (Å²) in [6.45, 7) is 0. The zero-order valence-corrected chi connectivity index (χ0v) is 10.7. The minimum atomic E-state index is -0.343. The zero-order chi connectivity index (χ0) is 13.0. The Hall–Kier alpha value is -1.78. The van der Waals surface area contributed by atoms with Crippen molar-refractivity contribution in [2.24, 2.45) is 0 Å². The molecule has 0 spiro atoms. The van der Waals surface area contributed by atoms with E-state index in [2.05, 4.69) is 15.8 Å². The molecule has 0 saturated carbocycles. The molecule has 0 aliphatic heterocycles. The number of hydrogen-bond donors (Lipinski definition) is 2. The first-order valence-corrected chi connectivity index (χ1v) is 5.85. The van der Waals surface area contributed by atoms with Crippen LogP contribution in [0, 0.1) is 0 Å². The summed E-state index contributed by atoms with van der Waals surface area (Å²) in [7, 11) is 0. The Balaban J connectivity index is 2.04. The monoisotopic (exact) mass is 281 g/mol. The molecular formula is C12H9Cl2N3O. The van der Waals surface area contributed by atoms with Crippen LogP contribution in [0.2, 0.25) is 10.3 Å². The molecule has 6 heteroatoms. The van der Waals surface area contributed by atoms with E-state index in [-0.39, 0.29) is 16.2 Å². The van der Waals surface area contributed by atoms with Gasteiger partial charge >= 0.3 is 0 Å². The fourth-order valence-corrected chi connectivity index (χ4v) is 1.78. The maximum absolute atomic E-state index is 11.8. The second-order valence-electron chi connectivity index (χ2n) is 3.45. The van der Waals surface area contributed by atoms with Crippen LogP contribution >= 0.6 is 23.2 Å². The van der Waals surface area contributed by atoms with Crippen LogP contribution in [0.4, 0.5) is 5.69 Å². The van der Waals surface area contributed by atoms with Crippen LogP contribution in [0.5, 0.6) is 0 Å². The van der Waals surface area contributed by atoms with Crippen molar-refractivity contribution in [1.29, 1.82) is 0 Å². The summed E-state index contributed by atoms with van der Waals surface area (Å²) >= 11 is 11.4. The number of rotatable bonds is 3. The summed E-state index contributed by atoms with van der Waals surface area (Å²) in [5.74, 6) is -0.343. The zero-order valence-electron chi connectivity index (χ0n) is 9.15. The molecule has 2 N–H and O–H groups in total. The van der Waals surface area contributed by atoms with Gasteiger partial charge in [0.15, 0.2) is 0 Å². The van der Waals surface area contributed by atoms with Crippen molar-refractivity contribution in [3.05, 3.63) is 58.3 Å². The van der Waals surface area contributed by atoms with Gasteiger partial charge in [-0.05, 0) is 24.3 Å². The minimum absolute atomic E-state index is 0.173. The van der Waals surface area contributed by atoms with E-state index in [1.807, 2.05) is 30.3 Å². The van der Waals surface area contributed by atoms with Gasteiger partial charge in [-0.3, -0.25) is 15.6 Å². The van der Waals surface area contributed by atoms with Gasteiger partial charge in [0.25, 0.3) is 5.91 Å². The van der Waals surface area contributed by atoms with Crippen LogP contribution in [0.3, 0.4) is 0 Å². The number of carbonyl (C=O) groups is 1. The molecule has 0 aliphatic carbocycles. The molecule has 1 heterocycles. The maximum atomic E-state index is 11.8. The maximum Gasteiger partial charge on any atom is 0.269 e. The Bertz CT molecular complexity index is 540. The lowest BCUT2D eigenvalue weighted by molar-refractivity contribution is 0.0962. The number of nitrogens with zero attached hydrogens (tertiary/aromatic N) is 1. The summed E-state index contributed by atoms with van der Waals surface area (Å²) in [5, 5.41) is 0.347. The van der Waals surface area contributed by atoms with E-state index < -0.39 is 0 Å². The number of carbonyl (C=O) groups excluding carboxylic acids is 1. The number of benzene rings is 1. The first-order chi connectivity index (χ1) is 8.65. The smallest absolute Gasteiger partial charge is 0.269 e. The molecule has 2 aromatic rings. The number of para-hydroxylation sites is 1. The van der Waals surface area contributed by atoms with E-state index >= 15 is 0 Å². The number of hydrogen-bond acceptors (Lipinski definition) is 3. The Kier molecular flexibility index (Phi) is 4.02. The van der Waals surface area contributed by atoms with Crippen LogP contribution in [-0.4, -0.2) is 10.9 Å². The SMILES string of the molecule is O=C(NNc1ccccc1)c1cc(Cl)nc(Cl)c1. The molecule has 0 unspecified atom stereocenters. The molecule has 0 aliphatic rings. The molecule has 1 aromatic carbocycles. The first kappa shape index (κ1) is 12.7. The lowest BCUT2D eigenvalue weighted by atomic mass is 10.2. The van der Waals surface area contributed by atoms with E-state index in [0.29, 0.717) is 5.56 Å². The molecule has 18 heavy (non-hydrogen) atoms. The third kappa shape index (κ3) is 3.35. The van der Waals surface area contributed by atoms with Crippen molar-refractivity contribution in [3.8, 4) is 0 Å². The molecule has 1 aromatic heterocycles. The van der Waals surface area contributed by atoms with E-state index in [4.69, 9.17) is 23.2 Å². The van der Waals surface area contributed by atoms with Crippen LogP contribution < -0.4 is 10.9 Å². The Morgan fingerprint density at radius 1 is 1.06 bits per heavy atom. The normalized spacial score (nSPS) is 9.89. The number of hydrazine groups is 1. The first-order valence-electron chi connectivity index (χ1n) is 5.09.